The highest BCUT2D eigenvalue weighted by atomic mass is 127. The molecule has 7 atom stereocenters. The number of hydrogen-bond acceptors (Lipinski definition) is 9. The Kier molecular flexibility index (Phi) is 28.7. The van der Waals surface area contributed by atoms with Crippen molar-refractivity contribution in [2.75, 3.05) is 63.3 Å². The fraction of sp³-hybridized carbons (Fsp3) is 0.500. The van der Waals surface area contributed by atoms with Crippen LogP contribution >= 0.6 is 22.6 Å². The number of amides is 8. The molecule has 0 saturated carbocycles. The summed E-state index contributed by atoms with van der Waals surface area (Å²) in [5.41, 5.74) is 8.67. The summed E-state index contributed by atoms with van der Waals surface area (Å²) in [7, 11) is 0. The van der Waals surface area contributed by atoms with Gasteiger partial charge in [0.1, 0.15) is 39.3 Å². The number of alkyl halides is 1. The molecule has 4 rings (SSSR count). The molecule has 18 heteroatoms. The van der Waals surface area contributed by atoms with Crippen molar-refractivity contribution in [3.05, 3.63) is 144 Å². The Labute approximate surface area is 501 Å². The average molecular weight is 1240 g/mol. The van der Waals surface area contributed by atoms with Gasteiger partial charge in [0.15, 0.2) is 0 Å². The zero-order chi connectivity index (χ0) is 60.5. The first-order valence-corrected chi connectivity index (χ1v) is 30.5. The summed E-state index contributed by atoms with van der Waals surface area (Å²) in [6.45, 7) is 16.5. The third-order valence-corrected chi connectivity index (χ3v) is 16.5. The van der Waals surface area contributed by atoms with Gasteiger partial charge in [0.05, 0.1) is 37.3 Å². The quantitative estimate of drug-likeness (QED) is 0.0262. The van der Waals surface area contributed by atoms with Gasteiger partial charge >= 0.3 is 0 Å². The number of benzene rings is 4. The Morgan fingerprint density at radius 3 is 0.878 bits per heavy atom. The molecule has 17 nitrogen and oxygen atoms in total. The van der Waals surface area contributed by atoms with Crippen molar-refractivity contribution in [2.45, 2.75) is 144 Å². The molecule has 0 unspecified atom stereocenters. The fourth-order valence-electron chi connectivity index (χ4n) is 9.77. The predicted octanol–water partition coefficient (Wildman–Crippen LogP) is 8.52. The zero-order valence-corrected chi connectivity index (χ0v) is 52.2. The summed E-state index contributed by atoms with van der Waals surface area (Å²) in [4.78, 5) is 126. The second-order valence-electron chi connectivity index (χ2n) is 21.3. The van der Waals surface area contributed by atoms with E-state index in [0.717, 1.165) is 39.5 Å². The van der Waals surface area contributed by atoms with Crippen molar-refractivity contribution < 1.29 is 38.4 Å². The number of carbonyl (C=O) groups excluding carboxylic acids is 8. The molecule has 82 heavy (non-hydrogen) atoms. The molecule has 0 aliphatic rings. The van der Waals surface area contributed by atoms with Crippen LogP contribution in [0, 0.1) is 0 Å². The Bertz CT molecular complexity index is 2650. The average Bonchev–Trinajstić information content (AvgIpc) is 3.70. The van der Waals surface area contributed by atoms with Gasteiger partial charge in [-0.1, -0.05) is 165 Å². The summed E-state index contributed by atoms with van der Waals surface area (Å²) < 4.78 is 1.02. The maximum Gasteiger partial charge on any atom is 0.243 e. The lowest BCUT2D eigenvalue weighted by molar-refractivity contribution is -0.152. The van der Waals surface area contributed by atoms with Gasteiger partial charge in [-0.05, 0) is 114 Å². The van der Waals surface area contributed by atoms with Crippen LogP contribution in [-0.4, -0.2) is 163 Å². The predicted molar refractivity (Wildman–Crippen MR) is 331 cm³/mol. The maximum absolute atomic E-state index is 15.4. The Balaban J connectivity index is 1.73. The van der Waals surface area contributed by atoms with Gasteiger partial charge in [0.2, 0.25) is 47.3 Å². The molecule has 8 amide bonds. The van der Waals surface area contributed by atoms with Crippen LogP contribution in [0.1, 0.15) is 148 Å². The summed E-state index contributed by atoms with van der Waals surface area (Å²) in [5, 5.41) is 3.22. The van der Waals surface area contributed by atoms with Crippen LogP contribution < -0.4 is 11.1 Å². The minimum atomic E-state index is -0.720. The van der Waals surface area contributed by atoms with Crippen LogP contribution in [0.5, 0.6) is 0 Å². The molecule has 4 aromatic carbocycles. The largest absolute Gasteiger partial charge is 0.368 e. The van der Waals surface area contributed by atoms with Crippen molar-refractivity contribution >= 4 is 69.8 Å². The molecule has 0 fully saturated rings. The highest BCUT2D eigenvalue weighted by molar-refractivity contribution is 14.1. The lowest BCUT2D eigenvalue weighted by Gasteiger charge is -2.38. The lowest BCUT2D eigenvalue weighted by atomic mass is 10.0. The van der Waals surface area contributed by atoms with Gasteiger partial charge in [-0.2, -0.15) is 0 Å². The van der Waals surface area contributed by atoms with Crippen molar-refractivity contribution in [1.29, 1.82) is 0 Å². The summed E-state index contributed by atoms with van der Waals surface area (Å²) in [6, 6.07) is 33.1. The van der Waals surface area contributed by atoms with Crippen molar-refractivity contribution in [3.63, 3.8) is 0 Å². The smallest absolute Gasteiger partial charge is 0.243 e. The molecule has 0 aliphatic carbocycles. The number of nitrogens with one attached hydrogen (secondary N) is 1. The molecule has 0 heterocycles. The van der Waals surface area contributed by atoms with Crippen molar-refractivity contribution in [3.8, 4) is 0 Å². The van der Waals surface area contributed by atoms with Gasteiger partial charge in [-0.15, -0.1) is 0 Å². The molecule has 0 bridgehead atoms. The monoisotopic (exact) mass is 1240 g/mol. The molecular formula is C64H90IN9O8. The standard InChI is InChI=1S/C64H90IN9O8/c1-11-46(4)68(58(76)38-67-37-27-26-36-65)40-59(77)69(47(5)12-2)41-61(79)74(52(10)56-34-24-17-25-35-56)45-64(82)72(50(8)54-30-20-15-21-31-54)43-60(78)70(48(6)13-3)42-62(80)73(51(9)55-32-22-16-23-33-55)44-63(81)71(39-57(66)75)49(7)53-28-18-14-19-29-53/h14-25,28-35,46-52,67H,11-13,26-27,36-45H2,1-10H3,(H2,66,75)/t46-,47-,48-,49-,50-,51-,52-/m0/s1. The van der Waals surface area contributed by atoms with Crippen LogP contribution in [0.4, 0.5) is 0 Å². The lowest BCUT2D eigenvalue weighted by Crippen LogP contribution is -2.55. The highest BCUT2D eigenvalue weighted by Gasteiger charge is 2.37. The number of nitrogens with two attached hydrogens (primary N) is 1. The van der Waals surface area contributed by atoms with E-state index in [4.69, 9.17) is 5.73 Å². The van der Waals surface area contributed by atoms with E-state index in [1.54, 1.807) is 18.7 Å². The molecule has 0 aliphatic heterocycles. The Hall–Kier alpha value is -6.67. The first-order chi connectivity index (χ1) is 39.2. The molecular weight excluding hydrogens is 1150 g/mol. The second-order valence-corrected chi connectivity index (χ2v) is 22.4. The summed E-state index contributed by atoms with van der Waals surface area (Å²) in [6.07, 6.45) is 3.53. The Morgan fingerprint density at radius 1 is 0.378 bits per heavy atom. The molecule has 446 valence electrons. The van der Waals surface area contributed by atoms with Gasteiger partial charge in [-0.25, -0.2) is 0 Å². The molecule has 0 radical (unpaired) electrons. The van der Waals surface area contributed by atoms with Crippen LogP contribution in [0.2, 0.25) is 0 Å². The molecule has 0 aromatic heterocycles. The first-order valence-electron chi connectivity index (χ1n) is 29.0. The number of rotatable bonds is 34. The van der Waals surface area contributed by atoms with Crippen molar-refractivity contribution in [1.82, 2.24) is 39.6 Å². The normalized spacial score (nSPS) is 13.7. The van der Waals surface area contributed by atoms with Gasteiger partial charge in [0.25, 0.3) is 0 Å². The van der Waals surface area contributed by atoms with Gasteiger partial charge < -0.3 is 45.3 Å². The number of carbonyl (C=O) groups is 8. The number of primary amides is 1. The fourth-order valence-corrected chi connectivity index (χ4v) is 10.3. The Morgan fingerprint density at radius 2 is 0.622 bits per heavy atom. The first kappa shape index (κ1) is 67.8. The number of unbranched alkanes of at least 4 members (excludes halogenated alkanes) is 1. The summed E-state index contributed by atoms with van der Waals surface area (Å²) in [5.74, 6) is -3.97. The minimum absolute atomic E-state index is 0.0812. The third-order valence-electron chi connectivity index (χ3n) is 15.8. The van der Waals surface area contributed by atoms with E-state index in [9.17, 15) is 19.2 Å². The molecule has 4 aromatic rings. The van der Waals surface area contributed by atoms with Gasteiger partial charge in [0, 0.05) is 18.1 Å². The second kappa shape index (κ2) is 34.7. The van der Waals surface area contributed by atoms with Crippen LogP contribution in [0.25, 0.3) is 0 Å². The van der Waals surface area contributed by atoms with Gasteiger partial charge in [-0.3, -0.25) is 38.4 Å². The van der Waals surface area contributed by atoms with E-state index in [1.807, 2.05) is 177 Å². The molecule has 0 saturated heterocycles. The molecule has 0 spiro atoms. The van der Waals surface area contributed by atoms with E-state index in [0.29, 0.717) is 25.8 Å². The van der Waals surface area contributed by atoms with E-state index in [2.05, 4.69) is 27.9 Å². The maximum atomic E-state index is 15.4. The van der Waals surface area contributed by atoms with Crippen LogP contribution in [-0.2, 0) is 38.4 Å². The van der Waals surface area contributed by atoms with E-state index >= 15 is 19.2 Å². The zero-order valence-electron chi connectivity index (χ0n) is 50.0. The SMILES string of the molecule is CC[C@H](C)N(CC(=O)N(CC(=O)N(CC(=O)N(CC(=O)N(CC(=O)N(CC(=O)N(CC(N)=O)[C@@H](C)c1ccccc1)[C@@H](C)c1ccccc1)[C@@H](C)CC)[C@@H](C)c1ccccc1)[C@@H](C)c1ccccc1)[C@@H](C)CC)C(=O)CNCCCCI. The third kappa shape index (κ3) is 20.0. The van der Waals surface area contributed by atoms with Crippen LogP contribution in [0.3, 0.4) is 0 Å². The van der Waals surface area contributed by atoms with Crippen molar-refractivity contribution in [2.24, 2.45) is 5.73 Å². The number of halogens is 1. The molecule has 3 N–H and O–H groups in total. The van der Waals surface area contributed by atoms with Crippen LogP contribution in [0.15, 0.2) is 121 Å². The number of hydrogen-bond donors (Lipinski definition) is 2. The summed E-state index contributed by atoms with van der Waals surface area (Å²) >= 11 is 2.33. The van der Waals surface area contributed by atoms with E-state index in [1.165, 1.54) is 29.4 Å². The van der Waals surface area contributed by atoms with E-state index < -0.39 is 110 Å². The minimum Gasteiger partial charge on any atom is -0.368 e. The topological polar surface area (TPSA) is 197 Å². The van der Waals surface area contributed by atoms with E-state index in [-0.39, 0.29) is 31.6 Å². The number of nitrogens with zero attached hydrogens (tertiary/aromatic N) is 7. The highest BCUT2D eigenvalue weighted by Crippen LogP contribution is 2.28.